The van der Waals surface area contributed by atoms with Crippen LogP contribution in [0.2, 0.25) is 0 Å². The Labute approximate surface area is 82.6 Å². The molecule has 0 aliphatic heterocycles. The lowest BCUT2D eigenvalue weighted by Crippen LogP contribution is -1.99. The lowest BCUT2D eigenvalue weighted by Gasteiger charge is -2.07. The highest BCUT2D eigenvalue weighted by Gasteiger charge is 2.00. The molecule has 1 rings (SSSR count). The summed E-state index contributed by atoms with van der Waals surface area (Å²) in [5.74, 6) is 0.00492. The van der Waals surface area contributed by atoms with Crippen LogP contribution in [0.25, 0.3) is 0 Å². The van der Waals surface area contributed by atoms with Crippen molar-refractivity contribution < 1.29 is 14.2 Å². The van der Waals surface area contributed by atoms with Gasteiger partial charge in [0.15, 0.2) is 0 Å². The van der Waals surface area contributed by atoms with Crippen molar-refractivity contribution in [3.8, 4) is 5.75 Å². The fourth-order valence-corrected chi connectivity index (χ4v) is 1.00. The van der Waals surface area contributed by atoms with Gasteiger partial charge in [-0.05, 0) is 30.2 Å². The van der Waals surface area contributed by atoms with Crippen LogP contribution in [0, 0.1) is 5.82 Å². The van der Waals surface area contributed by atoms with E-state index >= 15 is 0 Å². The molecule has 0 unspecified atom stereocenters. The second kappa shape index (κ2) is 4.77. The molecule has 0 bridgehead atoms. The molecule has 1 aromatic carbocycles. The third-order valence-electron chi connectivity index (χ3n) is 1.60. The van der Waals surface area contributed by atoms with E-state index in [1.807, 2.05) is 6.92 Å². The number of benzene rings is 1. The van der Waals surface area contributed by atoms with E-state index in [9.17, 15) is 4.39 Å². The zero-order valence-corrected chi connectivity index (χ0v) is 8.09. The fourth-order valence-electron chi connectivity index (χ4n) is 1.00. The Bertz CT molecular complexity index is 334. The Kier molecular flexibility index (Phi) is 3.65. The van der Waals surface area contributed by atoms with Gasteiger partial charge >= 0.3 is 0 Å². The van der Waals surface area contributed by atoms with Gasteiger partial charge in [-0.25, -0.2) is 4.39 Å². The summed E-state index contributed by atoms with van der Waals surface area (Å²) in [7, 11) is 0. The van der Waals surface area contributed by atoms with E-state index in [4.69, 9.17) is 9.84 Å². The number of rotatable bonds is 4. The first-order valence-corrected chi connectivity index (χ1v) is 4.29. The Morgan fingerprint density at radius 1 is 1.50 bits per heavy atom. The van der Waals surface area contributed by atoms with Crippen molar-refractivity contribution in [2.75, 3.05) is 6.61 Å². The zero-order valence-electron chi connectivity index (χ0n) is 8.09. The van der Waals surface area contributed by atoms with Crippen LogP contribution in [-0.4, -0.2) is 11.7 Å². The minimum atomic E-state index is -0.409. The highest BCUT2D eigenvalue weighted by atomic mass is 19.1. The minimum absolute atomic E-state index is 0.193. The lowest BCUT2D eigenvalue weighted by molar-refractivity contribution is 0.279. The first-order valence-electron chi connectivity index (χ1n) is 4.29. The van der Waals surface area contributed by atoms with Crippen LogP contribution in [-0.2, 0) is 6.61 Å². The molecule has 0 amide bonds. The van der Waals surface area contributed by atoms with Crippen molar-refractivity contribution in [2.24, 2.45) is 0 Å². The molecular weight excluding hydrogens is 183 g/mol. The summed E-state index contributed by atoms with van der Waals surface area (Å²) in [6.45, 7) is 5.65. The fraction of sp³-hybridized carbons (Fsp3) is 0.273. The molecule has 1 N–H and O–H groups in total. The monoisotopic (exact) mass is 196 g/mol. The van der Waals surface area contributed by atoms with Gasteiger partial charge in [0.2, 0.25) is 0 Å². The minimum Gasteiger partial charge on any atom is -0.489 e. The van der Waals surface area contributed by atoms with Crippen molar-refractivity contribution in [1.82, 2.24) is 0 Å². The second-order valence-corrected chi connectivity index (χ2v) is 3.20. The molecule has 0 atom stereocenters. The molecule has 0 heterocycles. The maximum absolute atomic E-state index is 12.9. The Morgan fingerprint density at radius 2 is 2.21 bits per heavy atom. The molecule has 0 aliphatic carbocycles. The standard InChI is InChI=1S/C11H13FO2/c1-8(2)7-14-11-4-9(6-13)3-10(12)5-11/h3-5,13H,1,6-7H2,2H3. The maximum Gasteiger partial charge on any atom is 0.127 e. The first-order chi connectivity index (χ1) is 6.61. The van der Waals surface area contributed by atoms with E-state index in [0.29, 0.717) is 17.9 Å². The van der Waals surface area contributed by atoms with Crippen molar-refractivity contribution in [2.45, 2.75) is 13.5 Å². The van der Waals surface area contributed by atoms with Gasteiger partial charge in [0, 0.05) is 6.07 Å². The molecule has 14 heavy (non-hydrogen) atoms. The van der Waals surface area contributed by atoms with Crippen LogP contribution in [0.5, 0.6) is 5.75 Å². The molecule has 0 saturated heterocycles. The third kappa shape index (κ3) is 3.18. The molecule has 0 spiro atoms. The van der Waals surface area contributed by atoms with Crippen molar-refractivity contribution in [3.05, 3.63) is 41.7 Å². The molecule has 2 nitrogen and oxygen atoms in total. The van der Waals surface area contributed by atoms with Gasteiger partial charge in [-0.3, -0.25) is 0 Å². The third-order valence-corrected chi connectivity index (χ3v) is 1.60. The van der Waals surface area contributed by atoms with Gasteiger partial charge in [0.1, 0.15) is 18.2 Å². The van der Waals surface area contributed by atoms with Crippen LogP contribution < -0.4 is 4.74 Å². The number of halogens is 1. The van der Waals surface area contributed by atoms with Crippen LogP contribution in [0.15, 0.2) is 30.4 Å². The Hall–Kier alpha value is -1.35. The largest absolute Gasteiger partial charge is 0.489 e. The van der Waals surface area contributed by atoms with E-state index in [1.54, 1.807) is 6.07 Å². The molecule has 0 saturated carbocycles. The number of ether oxygens (including phenoxy) is 1. The SMILES string of the molecule is C=C(C)COc1cc(F)cc(CO)c1. The summed E-state index contributed by atoms with van der Waals surface area (Å²) in [6.07, 6.45) is 0. The quantitative estimate of drug-likeness (QED) is 0.748. The predicted octanol–water partition coefficient (Wildman–Crippen LogP) is 2.27. The summed E-state index contributed by atoms with van der Waals surface area (Å²) in [5.41, 5.74) is 1.36. The zero-order chi connectivity index (χ0) is 10.6. The molecule has 0 aliphatic rings. The van der Waals surface area contributed by atoms with E-state index in [2.05, 4.69) is 6.58 Å². The van der Waals surface area contributed by atoms with Gasteiger partial charge in [0.25, 0.3) is 0 Å². The second-order valence-electron chi connectivity index (χ2n) is 3.20. The Morgan fingerprint density at radius 3 is 2.79 bits per heavy atom. The van der Waals surface area contributed by atoms with Gasteiger partial charge in [-0.15, -0.1) is 0 Å². The molecular formula is C11H13FO2. The van der Waals surface area contributed by atoms with Gasteiger partial charge in [-0.2, -0.15) is 0 Å². The van der Waals surface area contributed by atoms with E-state index < -0.39 is 5.82 Å². The van der Waals surface area contributed by atoms with E-state index in [1.165, 1.54) is 12.1 Å². The van der Waals surface area contributed by atoms with Crippen LogP contribution in [0.4, 0.5) is 4.39 Å². The number of aliphatic hydroxyl groups is 1. The molecule has 1 aromatic rings. The number of aliphatic hydroxyl groups excluding tert-OH is 1. The summed E-state index contributed by atoms with van der Waals surface area (Å²) < 4.78 is 18.2. The molecule has 0 fully saturated rings. The molecule has 76 valence electrons. The molecule has 3 heteroatoms. The summed E-state index contributed by atoms with van der Waals surface area (Å²) in [5, 5.41) is 8.82. The number of hydrogen-bond donors (Lipinski definition) is 1. The first kappa shape index (κ1) is 10.7. The summed E-state index contributed by atoms with van der Waals surface area (Å²) in [6, 6.07) is 4.15. The average Bonchev–Trinajstić information content (AvgIpc) is 2.14. The number of hydrogen-bond acceptors (Lipinski definition) is 2. The highest BCUT2D eigenvalue weighted by Crippen LogP contribution is 2.16. The lowest BCUT2D eigenvalue weighted by atomic mass is 10.2. The van der Waals surface area contributed by atoms with Crippen molar-refractivity contribution in [3.63, 3.8) is 0 Å². The summed E-state index contributed by atoms with van der Waals surface area (Å²) >= 11 is 0. The maximum atomic E-state index is 12.9. The van der Waals surface area contributed by atoms with Gasteiger partial charge in [-0.1, -0.05) is 6.58 Å². The van der Waals surface area contributed by atoms with Crippen LogP contribution in [0.1, 0.15) is 12.5 Å². The molecule has 0 radical (unpaired) electrons. The summed E-state index contributed by atoms with van der Waals surface area (Å²) in [4.78, 5) is 0. The van der Waals surface area contributed by atoms with Gasteiger partial charge < -0.3 is 9.84 Å². The molecule has 0 aromatic heterocycles. The highest BCUT2D eigenvalue weighted by molar-refractivity contribution is 5.29. The topological polar surface area (TPSA) is 29.5 Å². The average molecular weight is 196 g/mol. The predicted molar refractivity (Wildman–Crippen MR) is 52.6 cm³/mol. The van der Waals surface area contributed by atoms with E-state index in [0.717, 1.165) is 5.57 Å². The smallest absolute Gasteiger partial charge is 0.127 e. The Balaban J connectivity index is 2.76. The van der Waals surface area contributed by atoms with Crippen molar-refractivity contribution in [1.29, 1.82) is 0 Å². The van der Waals surface area contributed by atoms with Crippen LogP contribution >= 0.6 is 0 Å². The normalized spacial score (nSPS) is 9.93. The van der Waals surface area contributed by atoms with Crippen LogP contribution in [0.3, 0.4) is 0 Å². The van der Waals surface area contributed by atoms with Crippen molar-refractivity contribution >= 4 is 0 Å². The van der Waals surface area contributed by atoms with E-state index in [-0.39, 0.29) is 6.61 Å². The van der Waals surface area contributed by atoms with Gasteiger partial charge in [0.05, 0.1) is 6.61 Å².